The predicted molar refractivity (Wildman–Crippen MR) is 40.6 cm³/mol. The highest BCUT2D eigenvalue weighted by Crippen LogP contribution is 1.96. The highest BCUT2D eigenvalue weighted by Gasteiger charge is 2.00. The molecule has 0 aliphatic rings. The topological polar surface area (TPSA) is 82.0 Å². The van der Waals surface area contributed by atoms with Crippen molar-refractivity contribution in [1.29, 1.82) is 0 Å². The molecule has 1 rings (SSSR count). The van der Waals surface area contributed by atoms with Gasteiger partial charge < -0.3 is 11.5 Å². The minimum absolute atomic E-state index is 0.257. The van der Waals surface area contributed by atoms with Gasteiger partial charge in [-0.25, -0.2) is 4.98 Å². The van der Waals surface area contributed by atoms with Crippen molar-refractivity contribution in [3.05, 3.63) is 29.6 Å². The number of carbonyl (C=O) groups is 1. The molecule has 0 atom stereocenters. The molecule has 0 unspecified atom stereocenters. The van der Waals surface area contributed by atoms with Crippen molar-refractivity contribution in [2.24, 2.45) is 11.5 Å². The van der Waals surface area contributed by atoms with Crippen LogP contribution in [0, 0.1) is 0 Å². The normalized spacial score (nSPS) is 9.55. The molecule has 0 saturated carbocycles. The number of hydrogen-bond donors (Lipinski definition) is 2. The van der Waals surface area contributed by atoms with E-state index in [2.05, 4.69) is 4.98 Å². The van der Waals surface area contributed by atoms with Crippen molar-refractivity contribution in [3.8, 4) is 0 Å². The van der Waals surface area contributed by atoms with Crippen molar-refractivity contribution in [3.63, 3.8) is 0 Å². The van der Waals surface area contributed by atoms with Gasteiger partial charge in [-0.05, 0) is 12.1 Å². The molecule has 11 heavy (non-hydrogen) atoms. The van der Waals surface area contributed by atoms with Gasteiger partial charge >= 0.3 is 0 Å². The third kappa shape index (κ3) is 1.75. The predicted octanol–water partition coefficient (Wildman–Crippen LogP) is -0.361. The molecule has 58 valence electrons. The van der Waals surface area contributed by atoms with E-state index in [9.17, 15) is 4.79 Å². The smallest absolute Gasteiger partial charge is 0.267 e. The van der Waals surface area contributed by atoms with Crippen LogP contribution in [0.4, 0.5) is 0 Å². The van der Waals surface area contributed by atoms with E-state index in [1.807, 2.05) is 0 Å². The largest absolute Gasteiger partial charge is 0.364 e. The maximum Gasteiger partial charge on any atom is 0.267 e. The summed E-state index contributed by atoms with van der Waals surface area (Å²) < 4.78 is 0. The maximum absolute atomic E-state index is 10.6. The quantitative estimate of drug-likeness (QED) is 0.605. The number of hydrogen-bond acceptors (Lipinski definition) is 3. The lowest BCUT2D eigenvalue weighted by Gasteiger charge is -1.96. The van der Waals surface area contributed by atoms with Crippen LogP contribution in [0.1, 0.15) is 16.2 Å². The Labute approximate surface area is 64.2 Å². The lowest BCUT2D eigenvalue weighted by Crippen LogP contribution is -2.14. The van der Waals surface area contributed by atoms with E-state index in [-0.39, 0.29) is 5.69 Å². The van der Waals surface area contributed by atoms with Gasteiger partial charge in [0.05, 0.1) is 5.69 Å². The summed E-state index contributed by atoms with van der Waals surface area (Å²) in [5.74, 6) is -0.528. The van der Waals surface area contributed by atoms with E-state index < -0.39 is 5.91 Å². The molecule has 4 nitrogen and oxygen atoms in total. The highest BCUT2D eigenvalue weighted by atomic mass is 16.1. The van der Waals surface area contributed by atoms with Gasteiger partial charge in [0.2, 0.25) is 0 Å². The van der Waals surface area contributed by atoms with Crippen LogP contribution in [0.3, 0.4) is 0 Å². The van der Waals surface area contributed by atoms with E-state index in [0.29, 0.717) is 12.2 Å². The van der Waals surface area contributed by atoms with Gasteiger partial charge in [0.25, 0.3) is 5.91 Å². The zero-order valence-corrected chi connectivity index (χ0v) is 5.95. The molecule has 1 aromatic heterocycles. The summed E-state index contributed by atoms with van der Waals surface area (Å²) in [4.78, 5) is 14.5. The van der Waals surface area contributed by atoms with Crippen LogP contribution < -0.4 is 11.5 Å². The summed E-state index contributed by atoms with van der Waals surface area (Å²) in [7, 11) is 0. The third-order valence-corrected chi connectivity index (χ3v) is 1.27. The summed E-state index contributed by atoms with van der Waals surface area (Å²) in [6, 6.07) is 5.00. The Morgan fingerprint density at radius 1 is 1.55 bits per heavy atom. The number of nitrogens with two attached hydrogens (primary N) is 2. The average molecular weight is 151 g/mol. The van der Waals surface area contributed by atoms with Gasteiger partial charge in [0.1, 0.15) is 5.69 Å². The minimum Gasteiger partial charge on any atom is -0.364 e. The molecule has 1 aromatic rings. The average Bonchev–Trinajstić information content (AvgIpc) is 2.05. The molecular formula is C7H9N3O. The molecule has 0 spiro atoms. The van der Waals surface area contributed by atoms with Crippen molar-refractivity contribution < 1.29 is 4.79 Å². The number of pyridine rings is 1. The first-order valence-electron chi connectivity index (χ1n) is 3.20. The molecule has 0 saturated heterocycles. The van der Waals surface area contributed by atoms with Gasteiger partial charge in [-0.1, -0.05) is 6.07 Å². The number of nitrogens with zero attached hydrogens (tertiary/aromatic N) is 1. The minimum atomic E-state index is -0.528. The molecule has 0 aromatic carbocycles. The van der Waals surface area contributed by atoms with Crippen LogP contribution in [0.5, 0.6) is 0 Å². The summed E-state index contributed by atoms with van der Waals surface area (Å²) in [6.07, 6.45) is 0. The van der Waals surface area contributed by atoms with Gasteiger partial charge in [-0.15, -0.1) is 0 Å². The Morgan fingerprint density at radius 2 is 2.27 bits per heavy atom. The zero-order chi connectivity index (χ0) is 8.27. The van der Waals surface area contributed by atoms with Crippen molar-refractivity contribution >= 4 is 5.91 Å². The molecule has 0 radical (unpaired) electrons. The first-order chi connectivity index (χ1) is 5.24. The first-order valence-corrected chi connectivity index (χ1v) is 3.20. The van der Waals surface area contributed by atoms with Gasteiger partial charge in [0, 0.05) is 6.54 Å². The summed E-state index contributed by atoms with van der Waals surface area (Å²) in [5, 5.41) is 0. The number of primary amides is 1. The lowest BCUT2D eigenvalue weighted by atomic mass is 10.3. The molecule has 0 aliphatic carbocycles. The summed E-state index contributed by atoms with van der Waals surface area (Å²) >= 11 is 0. The van der Waals surface area contributed by atoms with Crippen molar-refractivity contribution in [1.82, 2.24) is 4.98 Å². The van der Waals surface area contributed by atoms with Crippen molar-refractivity contribution in [2.45, 2.75) is 6.54 Å². The Morgan fingerprint density at radius 3 is 2.82 bits per heavy atom. The van der Waals surface area contributed by atoms with E-state index >= 15 is 0 Å². The fraction of sp³-hybridized carbons (Fsp3) is 0.143. The second-order valence-corrected chi connectivity index (χ2v) is 2.08. The first kappa shape index (κ1) is 7.68. The van der Waals surface area contributed by atoms with Gasteiger partial charge in [0.15, 0.2) is 0 Å². The van der Waals surface area contributed by atoms with E-state index in [1.54, 1.807) is 18.2 Å². The molecule has 1 amide bonds. The lowest BCUT2D eigenvalue weighted by molar-refractivity contribution is 0.0995. The van der Waals surface area contributed by atoms with Crippen LogP contribution in [-0.4, -0.2) is 10.9 Å². The second-order valence-electron chi connectivity index (χ2n) is 2.08. The van der Waals surface area contributed by atoms with Crippen LogP contribution in [0.2, 0.25) is 0 Å². The number of carbonyl (C=O) groups excluding carboxylic acids is 1. The molecule has 0 fully saturated rings. The molecule has 4 heteroatoms. The van der Waals surface area contributed by atoms with E-state index in [1.165, 1.54) is 0 Å². The molecular weight excluding hydrogens is 142 g/mol. The standard InChI is InChI=1S/C7H9N3O/c8-4-5-2-1-3-6(10-5)7(9)11/h1-3H,4,8H2,(H2,9,11). The number of rotatable bonds is 2. The maximum atomic E-state index is 10.6. The molecule has 0 bridgehead atoms. The number of amides is 1. The fourth-order valence-electron chi connectivity index (χ4n) is 0.730. The second kappa shape index (κ2) is 3.12. The molecule has 1 heterocycles. The number of aromatic nitrogens is 1. The van der Waals surface area contributed by atoms with Crippen LogP contribution in [0.25, 0.3) is 0 Å². The summed E-state index contributed by atoms with van der Waals surface area (Å²) in [6.45, 7) is 0.321. The fourth-order valence-corrected chi connectivity index (χ4v) is 0.730. The SMILES string of the molecule is NCc1cccc(C(N)=O)n1. The summed E-state index contributed by atoms with van der Waals surface area (Å²) in [5.41, 5.74) is 11.2. The van der Waals surface area contributed by atoms with E-state index in [0.717, 1.165) is 0 Å². The Kier molecular flexibility index (Phi) is 2.18. The Bertz CT molecular complexity index is 272. The van der Waals surface area contributed by atoms with Gasteiger partial charge in [-0.3, -0.25) is 4.79 Å². The van der Waals surface area contributed by atoms with Crippen LogP contribution >= 0.6 is 0 Å². The third-order valence-electron chi connectivity index (χ3n) is 1.27. The Balaban J connectivity index is 3.01. The van der Waals surface area contributed by atoms with E-state index in [4.69, 9.17) is 11.5 Å². The molecule has 0 aliphatic heterocycles. The molecule has 4 N–H and O–H groups in total. The monoisotopic (exact) mass is 151 g/mol. The van der Waals surface area contributed by atoms with Crippen LogP contribution in [0.15, 0.2) is 18.2 Å². The Hall–Kier alpha value is -1.42. The van der Waals surface area contributed by atoms with Crippen molar-refractivity contribution in [2.75, 3.05) is 0 Å². The highest BCUT2D eigenvalue weighted by molar-refractivity contribution is 5.90. The van der Waals surface area contributed by atoms with Crippen LogP contribution in [-0.2, 0) is 6.54 Å². The van der Waals surface area contributed by atoms with Gasteiger partial charge in [-0.2, -0.15) is 0 Å². The zero-order valence-electron chi connectivity index (χ0n) is 5.95.